The van der Waals surface area contributed by atoms with Crippen molar-refractivity contribution < 1.29 is 23.8 Å². The van der Waals surface area contributed by atoms with Gasteiger partial charge in [-0.3, -0.25) is 9.59 Å². The van der Waals surface area contributed by atoms with Gasteiger partial charge in [-0.25, -0.2) is 0 Å². The molecule has 0 aliphatic rings. The third-order valence-corrected chi connectivity index (χ3v) is 3.48. The maximum Gasteiger partial charge on any atom is 0.311 e. The second-order valence-electron chi connectivity index (χ2n) is 5.44. The summed E-state index contributed by atoms with van der Waals surface area (Å²) in [7, 11) is 0. The third-order valence-electron chi connectivity index (χ3n) is 3.48. The van der Waals surface area contributed by atoms with Gasteiger partial charge in [0.15, 0.2) is 0 Å². The Hall–Kier alpha value is -2.76. The number of aliphatic carboxylic acids is 1. The Kier molecular flexibility index (Phi) is 6.01. The molecule has 6 heteroatoms. The second-order valence-corrected chi connectivity index (χ2v) is 5.44. The number of anilines is 1. The van der Waals surface area contributed by atoms with Gasteiger partial charge in [0.1, 0.15) is 17.9 Å². The largest absolute Gasteiger partial charge is 0.491 e. The summed E-state index contributed by atoms with van der Waals surface area (Å²) in [6, 6.07) is 7.15. The molecule has 1 amide bonds. The summed E-state index contributed by atoms with van der Waals surface area (Å²) in [6.07, 6.45) is 2.98. The molecule has 2 rings (SSSR count). The minimum absolute atomic E-state index is 0.141. The Labute approximate surface area is 140 Å². The molecule has 0 aliphatic heterocycles. The van der Waals surface area contributed by atoms with Crippen LogP contribution in [-0.2, 0) is 11.2 Å². The molecular formula is C18H21NO5. The van der Waals surface area contributed by atoms with Crippen LogP contribution in [0.1, 0.15) is 41.4 Å². The molecule has 1 aromatic carbocycles. The summed E-state index contributed by atoms with van der Waals surface area (Å²) in [5, 5.41) is 11.7. The predicted octanol–water partition coefficient (Wildman–Crippen LogP) is 3.65. The van der Waals surface area contributed by atoms with Gasteiger partial charge in [0.2, 0.25) is 0 Å². The van der Waals surface area contributed by atoms with Crippen molar-refractivity contribution in [3.63, 3.8) is 0 Å². The van der Waals surface area contributed by atoms with E-state index in [0.717, 1.165) is 12.8 Å². The molecule has 2 aromatic rings. The molecule has 2 N–H and O–H groups in total. The Bertz CT molecular complexity index is 720. The van der Waals surface area contributed by atoms with Gasteiger partial charge in [-0.05, 0) is 25.5 Å². The number of nitrogens with one attached hydrogen (secondary N) is 1. The maximum atomic E-state index is 12.6. The minimum atomic E-state index is -1.05. The zero-order valence-corrected chi connectivity index (χ0v) is 13.8. The molecule has 0 saturated heterocycles. The fourth-order valence-corrected chi connectivity index (χ4v) is 2.28. The number of hydrogen-bond acceptors (Lipinski definition) is 4. The van der Waals surface area contributed by atoms with Crippen molar-refractivity contribution in [2.45, 2.75) is 33.1 Å². The van der Waals surface area contributed by atoms with E-state index in [2.05, 4.69) is 12.2 Å². The highest BCUT2D eigenvalue weighted by atomic mass is 16.5. The van der Waals surface area contributed by atoms with Crippen molar-refractivity contribution in [1.29, 1.82) is 0 Å². The Morgan fingerprint density at radius 1 is 1.29 bits per heavy atom. The molecule has 128 valence electrons. The lowest BCUT2D eigenvalue weighted by molar-refractivity contribution is -0.136. The van der Waals surface area contributed by atoms with E-state index in [4.69, 9.17) is 14.3 Å². The summed E-state index contributed by atoms with van der Waals surface area (Å²) >= 11 is 0. The number of para-hydroxylation sites is 2. The fraction of sp³-hybridized carbons (Fsp3) is 0.333. The van der Waals surface area contributed by atoms with Crippen LogP contribution in [-0.4, -0.2) is 23.6 Å². The van der Waals surface area contributed by atoms with Gasteiger partial charge in [0.05, 0.1) is 24.1 Å². The van der Waals surface area contributed by atoms with Crippen molar-refractivity contribution in [1.82, 2.24) is 0 Å². The zero-order valence-electron chi connectivity index (χ0n) is 13.8. The van der Waals surface area contributed by atoms with E-state index < -0.39 is 11.9 Å². The van der Waals surface area contributed by atoms with Crippen LogP contribution in [0, 0.1) is 6.92 Å². The maximum absolute atomic E-state index is 12.6. The molecule has 0 spiro atoms. The average Bonchev–Trinajstić information content (AvgIpc) is 2.89. The summed E-state index contributed by atoms with van der Waals surface area (Å²) in [6.45, 7) is 4.34. The van der Waals surface area contributed by atoms with Crippen LogP contribution in [0.5, 0.6) is 5.75 Å². The number of ether oxygens (including phenoxy) is 1. The molecule has 6 nitrogen and oxygen atoms in total. The molecule has 0 aliphatic carbocycles. The Balaban J connectivity index is 2.18. The number of carbonyl (C=O) groups is 2. The second kappa shape index (κ2) is 8.19. The first kappa shape index (κ1) is 17.6. The lowest BCUT2D eigenvalue weighted by atomic mass is 10.1. The fourth-order valence-electron chi connectivity index (χ4n) is 2.28. The van der Waals surface area contributed by atoms with Crippen LogP contribution >= 0.6 is 0 Å². The monoisotopic (exact) mass is 331 g/mol. The van der Waals surface area contributed by atoms with E-state index in [0.29, 0.717) is 23.6 Å². The van der Waals surface area contributed by atoms with Gasteiger partial charge in [-0.2, -0.15) is 0 Å². The first-order valence-corrected chi connectivity index (χ1v) is 7.84. The normalized spacial score (nSPS) is 10.4. The topological polar surface area (TPSA) is 88.8 Å². The summed E-state index contributed by atoms with van der Waals surface area (Å²) in [4.78, 5) is 23.5. The number of benzene rings is 1. The predicted molar refractivity (Wildman–Crippen MR) is 89.6 cm³/mol. The van der Waals surface area contributed by atoms with Crippen LogP contribution in [0.2, 0.25) is 0 Å². The van der Waals surface area contributed by atoms with E-state index in [-0.39, 0.29) is 17.7 Å². The lowest BCUT2D eigenvalue weighted by Gasteiger charge is -2.12. The minimum Gasteiger partial charge on any atom is -0.491 e. The summed E-state index contributed by atoms with van der Waals surface area (Å²) in [5.41, 5.74) is 1.38. The number of hydrogen-bond donors (Lipinski definition) is 2. The average molecular weight is 331 g/mol. The Morgan fingerprint density at radius 3 is 2.75 bits per heavy atom. The highest BCUT2D eigenvalue weighted by molar-refractivity contribution is 6.07. The molecule has 1 heterocycles. The number of aryl methyl sites for hydroxylation is 1. The number of rotatable bonds is 8. The first-order chi connectivity index (χ1) is 11.5. The lowest BCUT2D eigenvalue weighted by Crippen LogP contribution is -2.16. The molecular weight excluding hydrogens is 310 g/mol. The molecule has 1 aromatic heterocycles. The molecule has 0 unspecified atom stereocenters. The van der Waals surface area contributed by atoms with Gasteiger partial charge in [-0.15, -0.1) is 0 Å². The highest BCUT2D eigenvalue weighted by Crippen LogP contribution is 2.26. The van der Waals surface area contributed by atoms with Gasteiger partial charge >= 0.3 is 5.97 Å². The van der Waals surface area contributed by atoms with Crippen LogP contribution in [0.3, 0.4) is 0 Å². The number of amides is 1. The SMILES string of the molecule is CCCCOc1ccccc1NC(=O)c1c(C)coc1CC(=O)O. The third kappa shape index (κ3) is 4.38. The van der Waals surface area contributed by atoms with E-state index in [1.54, 1.807) is 25.1 Å². The number of carbonyl (C=O) groups excluding carboxylic acids is 1. The molecule has 0 saturated carbocycles. The van der Waals surface area contributed by atoms with E-state index in [1.165, 1.54) is 6.26 Å². The molecule has 24 heavy (non-hydrogen) atoms. The van der Waals surface area contributed by atoms with Gasteiger partial charge in [0.25, 0.3) is 5.91 Å². The highest BCUT2D eigenvalue weighted by Gasteiger charge is 2.21. The van der Waals surface area contributed by atoms with Crippen molar-refractivity contribution >= 4 is 17.6 Å². The van der Waals surface area contributed by atoms with E-state index >= 15 is 0 Å². The first-order valence-electron chi connectivity index (χ1n) is 7.84. The van der Waals surface area contributed by atoms with E-state index in [1.807, 2.05) is 6.07 Å². The van der Waals surface area contributed by atoms with Gasteiger partial charge < -0.3 is 19.6 Å². The van der Waals surface area contributed by atoms with Crippen LogP contribution in [0.15, 0.2) is 34.9 Å². The van der Waals surface area contributed by atoms with Crippen molar-refractivity contribution in [2.75, 3.05) is 11.9 Å². The van der Waals surface area contributed by atoms with Crippen LogP contribution < -0.4 is 10.1 Å². The smallest absolute Gasteiger partial charge is 0.311 e. The summed E-state index contributed by atoms with van der Waals surface area (Å²) < 4.78 is 10.9. The number of furan rings is 1. The van der Waals surface area contributed by atoms with E-state index in [9.17, 15) is 9.59 Å². The number of unbranched alkanes of at least 4 members (excludes halogenated alkanes) is 1. The molecule has 0 radical (unpaired) electrons. The zero-order chi connectivity index (χ0) is 17.5. The molecule has 0 fully saturated rings. The van der Waals surface area contributed by atoms with Gasteiger partial charge in [0, 0.05) is 5.56 Å². The number of carboxylic acid groups (broad SMARTS) is 1. The van der Waals surface area contributed by atoms with Crippen molar-refractivity contribution in [3.05, 3.63) is 47.4 Å². The van der Waals surface area contributed by atoms with Crippen molar-refractivity contribution in [3.8, 4) is 5.75 Å². The summed E-state index contributed by atoms with van der Waals surface area (Å²) in [5.74, 6) is -0.743. The molecule has 0 bridgehead atoms. The van der Waals surface area contributed by atoms with Gasteiger partial charge in [-0.1, -0.05) is 25.5 Å². The molecule has 0 atom stereocenters. The van der Waals surface area contributed by atoms with Crippen LogP contribution in [0.4, 0.5) is 5.69 Å². The quantitative estimate of drug-likeness (QED) is 0.721. The standard InChI is InChI=1S/C18H21NO5/c1-3-4-9-23-14-8-6-5-7-13(14)19-18(22)17-12(2)11-24-15(17)10-16(20)21/h5-8,11H,3-4,9-10H2,1-2H3,(H,19,22)(H,20,21). The van der Waals surface area contributed by atoms with Crippen LogP contribution in [0.25, 0.3) is 0 Å². The Morgan fingerprint density at radius 2 is 2.04 bits per heavy atom. The number of carboxylic acids is 1. The van der Waals surface area contributed by atoms with Crippen molar-refractivity contribution in [2.24, 2.45) is 0 Å².